The Morgan fingerprint density at radius 1 is 1.03 bits per heavy atom. The predicted octanol–water partition coefficient (Wildman–Crippen LogP) is 4.02. The molecule has 2 N–H and O–H groups in total. The summed E-state index contributed by atoms with van der Waals surface area (Å²) in [5.74, 6) is 1.43. The molecule has 0 bridgehead atoms. The average Bonchev–Trinajstić information content (AvgIpc) is 3.45. The number of rotatable bonds is 7. The fraction of sp³-hybridized carbons (Fsp3) is 0.400. The molecule has 2 aliphatic rings. The van der Waals surface area contributed by atoms with Gasteiger partial charge in [-0.15, -0.1) is 0 Å². The molecule has 0 radical (unpaired) electrons. The smallest absolute Gasteiger partial charge is 0.231 e. The van der Waals surface area contributed by atoms with Crippen molar-refractivity contribution < 1.29 is 14.3 Å². The van der Waals surface area contributed by atoms with Crippen molar-refractivity contribution in [2.45, 2.75) is 31.6 Å². The molecule has 1 saturated heterocycles. The topological polar surface area (TPSA) is 66.6 Å². The zero-order valence-corrected chi connectivity index (χ0v) is 17.7. The number of nitrogens with one attached hydrogen (secondary N) is 2. The van der Waals surface area contributed by atoms with Gasteiger partial charge in [0.15, 0.2) is 11.5 Å². The Hall–Kier alpha value is -2.99. The summed E-state index contributed by atoms with van der Waals surface area (Å²) in [7, 11) is 0. The summed E-state index contributed by atoms with van der Waals surface area (Å²) in [6.07, 6.45) is 6.23. The Morgan fingerprint density at radius 3 is 2.81 bits per heavy atom. The summed E-state index contributed by atoms with van der Waals surface area (Å²) in [4.78, 5) is 18.8. The van der Waals surface area contributed by atoms with Crippen molar-refractivity contribution >= 4 is 16.8 Å². The second kappa shape index (κ2) is 9.02. The van der Waals surface area contributed by atoms with E-state index in [4.69, 9.17) is 9.47 Å². The van der Waals surface area contributed by atoms with Crippen LogP contribution in [0.15, 0.2) is 48.7 Å². The molecule has 5 rings (SSSR count). The van der Waals surface area contributed by atoms with Crippen LogP contribution in [-0.2, 0) is 4.79 Å². The summed E-state index contributed by atoms with van der Waals surface area (Å²) in [6, 6.07) is 14.1. The number of H-pyrrole nitrogens is 1. The van der Waals surface area contributed by atoms with Crippen molar-refractivity contribution in [2.75, 3.05) is 33.0 Å². The molecular weight excluding hydrogens is 390 g/mol. The van der Waals surface area contributed by atoms with E-state index < -0.39 is 0 Å². The zero-order valence-electron chi connectivity index (χ0n) is 17.7. The monoisotopic (exact) mass is 419 g/mol. The van der Waals surface area contributed by atoms with E-state index in [1.54, 1.807) is 0 Å². The van der Waals surface area contributed by atoms with Crippen molar-refractivity contribution in [3.8, 4) is 11.5 Å². The van der Waals surface area contributed by atoms with Crippen LogP contribution in [0.4, 0.5) is 0 Å². The molecule has 3 aromatic rings. The fourth-order valence-electron chi connectivity index (χ4n) is 4.79. The summed E-state index contributed by atoms with van der Waals surface area (Å²) in [5, 5.41) is 4.27. The van der Waals surface area contributed by atoms with Crippen molar-refractivity contribution in [3.05, 3.63) is 59.8 Å². The number of hydrogen-bond donors (Lipinski definition) is 2. The van der Waals surface area contributed by atoms with Crippen LogP contribution in [0.2, 0.25) is 0 Å². The van der Waals surface area contributed by atoms with Gasteiger partial charge in [-0.05, 0) is 43.6 Å². The van der Waals surface area contributed by atoms with E-state index in [2.05, 4.69) is 27.3 Å². The van der Waals surface area contributed by atoms with Gasteiger partial charge in [0.25, 0.3) is 0 Å². The van der Waals surface area contributed by atoms with E-state index in [9.17, 15) is 4.79 Å². The van der Waals surface area contributed by atoms with Gasteiger partial charge in [-0.25, -0.2) is 0 Å². The van der Waals surface area contributed by atoms with Crippen LogP contribution in [-0.4, -0.2) is 48.8 Å². The van der Waals surface area contributed by atoms with Crippen molar-refractivity contribution in [1.29, 1.82) is 0 Å². The third-order valence-corrected chi connectivity index (χ3v) is 6.39. The lowest BCUT2D eigenvalue weighted by Gasteiger charge is -2.26. The normalized spacial score (nSPS) is 17.0. The highest BCUT2D eigenvalue weighted by atomic mass is 16.7. The first-order valence-corrected chi connectivity index (χ1v) is 11.2. The molecule has 0 spiro atoms. The van der Waals surface area contributed by atoms with Gasteiger partial charge in [0, 0.05) is 48.1 Å². The number of aromatic nitrogens is 1. The highest BCUT2D eigenvalue weighted by Crippen LogP contribution is 2.44. The number of hydrogen-bond acceptors (Lipinski definition) is 4. The number of aromatic amines is 1. The molecule has 162 valence electrons. The quantitative estimate of drug-likeness (QED) is 0.607. The minimum absolute atomic E-state index is 0.0591. The molecule has 1 unspecified atom stereocenters. The molecule has 0 saturated carbocycles. The number of piperidine rings is 1. The molecule has 6 nitrogen and oxygen atoms in total. The Morgan fingerprint density at radius 2 is 1.90 bits per heavy atom. The van der Waals surface area contributed by atoms with Gasteiger partial charge in [0.1, 0.15) is 0 Å². The first-order chi connectivity index (χ1) is 15.3. The molecule has 2 aliphatic heterocycles. The number of carbonyl (C=O) groups excluding carboxylic acids is 1. The van der Waals surface area contributed by atoms with Crippen molar-refractivity contribution in [2.24, 2.45) is 0 Å². The second-order valence-corrected chi connectivity index (χ2v) is 8.38. The van der Waals surface area contributed by atoms with Crippen LogP contribution in [0.1, 0.15) is 42.7 Å². The van der Waals surface area contributed by atoms with Crippen molar-refractivity contribution in [1.82, 2.24) is 15.2 Å². The SMILES string of the molecule is O=C(CC(c1cccc2c1OCO2)c1c[nH]c2ccccc12)NCCN1CCCCC1. The van der Waals surface area contributed by atoms with Crippen LogP contribution in [0.3, 0.4) is 0 Å². The number of ether oxygens (including phenoxy) is 2. The maximum atomic E-state index is 13.0. The lowest BCUT2D eigenvalue weighted by Crippen LogP contribution is -2.38. The van der Waals surface area contributed by atoms with E-state index in [0.29, 0.717) is 13.0 Å². The second-order valence-electron chi connectivity index (χ2n) is 8.38. The molecule has 3 heterocycles. The average molecular weight is 420 g/mol. The summed E-state index contributed by atoms with van der Waals surface area (Å²) < 4.78 is 11.4. The zero-order chi connectivity index (χ0) is 21.0. The molecule has 6 heteroatoms. The Labute approximate surface area is 182 Å². The van der Waals surface area contributed by atoms with Gasteiger partial charge >= 0.3 is 0 Å². The van der Waals surface area contributed by atoms with Crippen LogP contribution < -0.4 is 14.8 Å². The van der Waals surface area contributed by atoms with E-state index in [1.807, 2.05) is 36.5 Å². The highest BCUT2D eigenvalue weighted by molar-refractivity contribution is 5.86. The molecule has 31 heavy (non-hydrogen) atoms. The van der Waals surface area contributed by atoms with Crippen LogP contribution in [0.25, 0.3) is 10.9 Å². The predicted molar refractivity (Wildman–Crippen MR) is 121 cm³/mol. The Bertz CT molecular complexity index is 1060. The van der Waals surface area contributed by atoms with Crippen molar-refractivity contribution in [3.63, 3.8) is 0 Å². The summed E-state index contributed by atoms with van der Waals surface area (Å²) in [5.41, 5.74) is 3.16. The van der Waals surface area contributed by atoms with E-state index in [0.717, 1.165) is 53.2 Å². The van der Waals surface area contributed by atoms with Gasteiger partial charge in [-0.2, -0.15) is 0 Å². The molecule has 1 fully saturated rings. The lowest BCUT2D eigenvalue weighted by molar-refractivity contribution is -0.121. The van der Waals surface area contributed by atoms with Gasteiger partial charge < -0.3 is 24.7 Å². The first-order valence-electron chi connectivity index (χ1n) is 11.2. The molecule has 0 aliphatic carbocycles. The first kappa shape index (κ1) is 19.9. The third-order valence-electron chi connectivity index (χ3n) is 6.39. The van der Waals surface area contributed by atoms with Gasteiger partial charge in [0.2, 0.25) is 12.7 Å². The third kappa shape index (κ3) is 4.26. The minimum atomic E-state index is -0.122. The largest absolute Gasteiger partial charge is 0.454 e. The molecule has 1 atom stereocenters. The van der Waals surface area contributed by atoms with Crippen LogP contribution in [0, 0.1) is 0 Å². The van der Waals surface area contributed by atoms with E-state index in [-0.39, 0.29) is 18.6 Å². The minimum Gasteiger partial charge on any atom is -0.454 e. The van der Waals surface area contributed by atoms with E-state index in [1.165, 1.54) is 19.3 Å². The number of para-hydroxylation sites is 2. The number of benzene rings is 2. The Kier molecular flexibility index (Phi) is 5.80. The molecular formula is C25H29N3O3. The summed E-state index contributed by atoms with van der Waals surface area (Å²) in [6.45, 7) is 4.10. The van der Waals surface area contributed by atoms with Gasteiger partial charge in [-0.1, -0.05) is 36.8 Å². The number of nitrogens with zero attached hydrogens (tertiary/aromatic N) is 1. The number of carbonyl (C=O) groups is 1. The van der Waals surface area contributed by atoms with E-state index >= 15 is 0 Å². The van der Waals surface area contributed by atoms with Gasteiger partial charge in [-0.3, -0.25) is 4.79 Å². The highest BCUT2D eigenvalue weighted by Gasteiger charge is 2.28. The molecule has 2 aromatic carbocycles. The number of likely N-dealkylation sites (tertiary alicyclic amines) is 1. The lowest BCUT2D eigenvalue weighted by atomic mass is 9.87. The van der Waals surface area contributed by atoms with Crippen LogP contribution >= 0.6 is 0 Å². The summed E-state index contributed by atoms with van der Waals surface area (Å²) >= 11 is 0. The maximum absolute atomic E-state index is 13.0. The number of fused-ring (bicyclic) bond motifs is 2. The molecule has 1 aromatic heterocycles. The number of amides is 1. The van der Waals surface area contributed by atoms with Gasteiger partial charge in [0.05, 0.1) is 0 Å². The Balaban J connectivity index is 1.37. The molecule has 1 amide bonds. The standard InChI is InChI=1S/C25H29N3O3/c29-24(26-11-14-28-12-4-1-5-13-28)15-20(19-8-6-10-23-25(19)31-17-30-23)21-16-27-22-9-3-2-7-18(21)22/h2-3,6-10,16,20,27H,1,4-5,11-15,17H2,(H,26,29). The van der Waals surface area contributed by atoms with Crippen LogP contribution in [0.5, 0.6) is 11.5 Å². The fourth-order valence-corrected chi connectivity index (χ4v) is 4.79. The maximum Gasteiger partial charge on any atom is 0.231 e.